The van der Waals surface area contributed by atoms with Crippen molar-refractivity contribution in [2.24, 2.45) is 17.3 Å². The SMILES string of the molecule is CC(C)(C)[C@H]1CC[C@H](Oc2cnc3cc(CN4CCC(C(=O)O)CC4)ccc3n2)CC1. The van der Waals surface area contributed by atoms with Gasteiger partial charge in [-0.15, -0.1) is 0 Å². The van der Waals surface area contributed by atoms with Gasteiger partial charge >= 0.3 is 5.97 Å². The Bertz CT molecular complexity index is 908. The second-order valence-corrected chi connectivity index (χ2v) is 10.4. The lowest BCUT2D eigenvalue weighted by Crippen LogP contribution is -2.35. The van der Waals surface area contributed by atoms with Crippen molar-refractivity contribution < 1.29 is 14.6 Å². The highest BCUT2D eigenvalue weighted by Gasteiger charge is 2.30. The van der Waals surface area contributed by atoms with Crippen LogP contribution in [-0.2, 0) is 11.3 Å². The number of rotatable bonds is 5. The molecule has 2 heterocycles. The third-order valence-electron chi connectivity index (χ3n) is 7.11. The van der Waals surface area contributed by atoms with Gasteiger partial charge in [0.2, 0.25) is 5.88 Å². The number of nitrogens with zero attached hydrogens (tertiary/aromatic N) is 3. The van der Waals surface area contributed by atoms with Crippen LogP contribution in [0.2, 0.25) is 0 Å². The van der Waals surface area contributed by atoms with Crippen LogP contribution < -0.4 is 4.74 Å². The molecule has 0 amide bonds. The third kappa shape index (κ3) is 5.53. The number of hydrogen-bond donors (Lipinski definition) is 1. The van der Waals surface area contributed by atoms with Crippen LogP contribution in [0.4, 0.5) is 0 Å². The molecule has 2 fully saturated rings. The zero-order chi connectivity index (χ0) is 22.0. The van der Waals surface area contributed by atoms with Crippen LogP contribution in [0.1, 0.15) is 64.9 Å². The minimum atomic E-state index is -0.666. The monoisotopic (exact) mass is 425 g/mol. The van der Waals surface area contributed by atoms with Gasteiger partial charge in [-0.1, -0.05) is 26.8 Å². The van der Waals surface area contributed by atoms with Crippen molar-refractivity contribution >= 4 is 17.0 Å². The van der Waals surface area contributed by atoms with Crippen LogP contribution in [0.25, 0.3) is 11.0 Å². The Kier molecular flexibility index (Phi) is 6.47. The molecule has 0 radical (unpaired) electrons. The molecule has 168 valence electrons. The van der Waals surface area contributed by atoms with Crippen molar-refractivity contribution in [2.75, 3.05) is 13.1 Å². The van der Waals surface area contributed by atoms with E-state index in [4.69, 9.17) is 14.8 Å². The van der Waals surface area contributed by atoms with E-state index in [2.05, 4.69) is 42.8 Å². The van der Waals surface area contributed by atoms with Gasteiger partial charge in [0, 0.05) is 6.54 Å². The number of carbonyl (C=O) groups is 1. The summed E-state index contributed by atoms with van der Waals surface area (Å²) in [5, 5.41) is 9.16. The highest BCUT2D eigenvalue weighted by atomic mass is 16.5. The summed E-state index contributed by atoms with van der Waals surface area (Å²) in [6.07, 6.45) is 8.02. The summed E-state index contributed by atoms with van der Waals surface area (Å²) in [6, 6.07) is 6.20. The Hall–Kier alpha value is -2.21. The summed E-state index contributed by atoms with van der Waals surface area (Å²) in [6.45, 7) is 9.47. The van der Waals surface area contributed by atoms with E-state index >= 15 is 0 Å². The van der Waals surface area contributed by atoms with Crippen molar-refractivity contribution in [1.82, 2.24) is 14.9 Å². The number of likely N-dealkylation sites (tertiary alicyclic amines) is 1. The van der Waals surface area contributed by atoms with Crippen molar-refractivity contribution in [3.8, 4) is 5.88 Å². The van der Waals surface area contributed by atoms with Gasteiger partial charge in [-0.25, -0.2) is 9.97 Å². The zero-order valence-corrected chi connectivity index (χ0v) is 19.0. The molecule has 1 aromatic heterocycles. The van der Waals surface area contributed by atoms with Crippen LogP contribution >= 0.6 is 0 Å². The standard InChI is InChI=1S/C25H35N3O3/c1-25(2,3)19-5-7-20(8-6-19)31-23-15-26-22-14-17(4-9-21(22)27-23)16-28-12-10-18(11-13-28)24(29)30/h4,9,14-15,18-20H,5-8,10-13,16H2,1-3H3,(H,29,30)/t19-,20-. The summed E-state index contributed by atoms with van der Waals surface area (Å²) in [5.74, 6) is 0.528. The lowest BCUT2D eigenvalue weighted by Gasteiger charge is -2.36. The summed E-state index contributed by atoms with van der Waals surface area (Å²) in [7, 11) is 0. The minimum absolute atomic E-state index is 0.194. The van der Waals surface area contributed by atoms with Gasteiger partial charge in [0.15, 0.2) is 0 Å². The number of fused-ring (bicyclic) bond motifs is 1. The molecule has 0 spiro atoms. The molecule has 0 bridgehead atoms. The zero-order valence-electron chi connectivity index (χ0n) is 19.0. The molecule has 4 rings (SSSR count). The molecule has 31 heavy (non-hydrogen) atoms. The Balaban J connectivity index is 1.34. The van der Waals surface area contributed by atoms with E-state index in [-0.39, 0.29) is 12.0 Å². The van der Waals surface area contributed by atoms with Crippen LogP contribution in [-0.4, -0.2) is 45.1 Å². The van der Waals surface area contributed by atoms with Crippen LogP contribution in [0, 0.1) is 17.3 Å². The van der Waals surface area contributed by atoms with Crippen molar-refractivity contribution in [1.29, 1.82) is 0 Å². The molecular weight excluding hydrogens is 390 g/mol. The van der Waals surface area contributed by atoms with E-state index in [0.717, 1.165) is 62.3 Å². The topological polar surface area (TPSA) is 75.5 Å². The maximum Gasteiger partial charge on any atom is 0.306 e. The minimum Gasteiger partial charge on any atom is -0.481 e. The summed E-state index contributed by atoms with van der Waals surface area (Å²) in [4.78, 5) is 22.7. The Morgan fingerprint density at radius 2 is 1.81 bits per heavy atom. The van der Waals surface area contributed by atoms with E-state index in [0.29, 0.717) is 11.3 Å². The number of ether oxygens (including phenoxy) is 1. The predicted molar refractivity (Wildman–Crippen MR) is 121 cm³/mol. The molecule has 1 N–H and O–H groups in total. The second-order valence-electron chi connectivity index (χ2n) is 10.4. The van der Waals surface area contributed by atoms with Crippen molar-refractivity contribution in [3.05, 3.63) is 30.0 Å². The second kappa shape index (κ2) is 9.11. The molecular formula is C25H35N3O3. The first-order valence-corrected chi connectivity index (χ1v) is 11.7. The molecule has 2 aliphatic rings. The average Bonchev–Trinajstić information content (AvgIpc) is 2.74. The fraction of sp³-hybridized carbons (Fsp3) is 0.640. The molecule has 1 aliphatic carbocycles. The van der Waals surface area contributed by atoms with Gasteiger partial charge in [0.25, 0.3) is 0 Å². The number of piperidine rings is 1. The van der Waals surface area contributed by atoms with Gasteiger partial charge in [-0.3, -0.25) is 9.69 Å². The van der Waals surface area contributed by atoms with Gasteiger partial charge in [-0.05, 0) is 80.6 Å². The Morgan fingerprint density at radius 1 is 1.10 bits per heavy atom. The molecule has 6 nitrogen and oxygen atoms in total. The van der Waals surface area contributed by atoms with Gasteiger partial charge in [0.05, 0.1) is 23.1 Å². The summed E-state index contributed by atoms with van der Waals surface area (Å²) >= 11 is 0. The molecule has 1 aliphatic heterocycles. The predicted octanol–water partition coefficient (Wildman–Crippen LogP) is 4.91. The Labute approximate surface area is 185 Å². The van der Waals surface area contributed by atoms with Gasteiger partial charge in [-0.2, -0.15) is 0 Å². The maximum atomic E-state index is 11.1. The largest absolute Gasteiger partial charge is 0.481 e. The highest BCUT2D eigenvalue weighted by molar-refractivity contribution is 5.75. The summed E-state index contributed by atoms with van der Waals surface area (Å²) < 4.78 is 6.18. The molecule has 0 unspecified atom stereocenters. The van der Waals surface area contributed by atoms with Gasteiger partial charge < -0.3 is 9.84 Å². The van der Waals surface area contributed by atoms with E-state index in [9.17, 15) is 4.79 Å². The van der Waals surface area contributed by atoms with Crippen molar-refractivity contribution in [2.45, 2.75) is 71.9 Å². The lowest BCUT2D eigenvalue weighted by atomic mass is 9.72. The van der Waals surface area contributed by atoms with E-state index in [1.165, 1.54) is 18.4 Å². The fourth-order valence-electron chi connectivity index (χ4n) is 5.01. The quantitative estimate of drug-likeness (QED) is 0.734. The lowest BCUT2D eigenvalue weighted by molar-refractivity contribution is -0.143. The molecule has 2 aromatic rings. The molecule has 0 atom stereocenters. The number of carboxylic acids is 1. The fourth-order valence-corrected chi connectivity index (χ4v) is 5.01. The van der Waals surface area contributed by atoms with E-state index < -0.39 is 5.97 Å². The van der Waals surface area contributed by atoms with Gasteiger partial charge in [0.1, 0.15) is 6.10 Å². The highest BCUT2D eigenvalue weighted by Crippen LogP contribution is 2.38. The first-order chi connectivity index (χ1) is 14.8. The number of carboxylic acid groups (broad SMARTS) is 1. The van der Waals surface area contributed by atoms with Crippen molar-refractivity contribution in [3.63, 3.8) is 0 Å². The van der Waals surface area contributed by atoms with Crippen LogP contribution in [0.15, 0.2) is 24.4 Å². The van der Waals surface area contributed by atoms with E-state index in [1.54, 1.807) is 6.20 Å². The molecule has 1 aromatic carbocycles. The molecule has 1 saturated heterocycles. The maximum absolute atomic E-state index is 11.1. The average molecular weight is 426 g/mol. The smallest absolute Gasteiger partial charge is 0.306 e. The number of aliphatic carboxylic acids is 1. The first-order valence-electron chi connectivity index (χ1n) is 11.7. The first kappa shape index (κ1) is 22.0. The van der Waals surface area contributed by atoms with Crippen LogP contribution in [0.3, 0.4) is 0 Å². The number of benzene rings is 1. The molecule has 6 heteroatoms. The van der Waals surface area contributed by atoms with Crippen LogP contribution in [0.5, 0.6) is 5.88 Å². The third-order valence-corrected chi connectivity index (χ3v) is 7.11. The number of hydrogen-bond acceptors (Lipinski definition) is 5. The molecule has 1 saturated carbocycles. The van der Waals surface area contributed by atoms with E-state index in [1.807, 2.05) is 6.07 Å². The number of aromatic nitrogens is 2. The summed E-state index contributed by atoms with van der Waals surface area (Å²) in [5.41, 5.74) is 3.29. The normalized spacial score (nSPS) is 23.7. The Morgan fingerprint density at radius 3 is 2.45 bits per heavy atom.